The Morgan fingerprint density at radius 2 is 1.92 bits per heavy atom. The van der Waals surface area contributed by atoms with Crippen LogP contribution in [0.5, 0.6) is 0 Å². The molecule has 0 aliphatic heterocycles. The lowest BCUT2D eigenvalue weighted by Gasteiger charge is -2.09. The minimum absolute atomic E-state index is 0.157. The van der Waals surface area contributed by atoms with Gasteiger partial charge in [0.25, 0.3) is 11.5 Å². The van der Waals surface area contributed by atoms with Crippen molar-refractivity contribution in [1.29, 1.82) is 0 Å². The maximum absolute atomic E-state index is 13.0. The number of nitrogens with zero attached hydrogens (tertiary/aromatic N) is 1. The molecule has 0 atom stereocenters. The van der Waals surface area contributed by atoms with Gasteiger partial charge in [-0.1, -0.05) is 19.1 Å². The number of pyridine rings is 1. The van der Waals surface area contributed by atoms with E-state index in [-0.39, 0.29) is 29.4 Å². The summed E-state index contributed by atoms with van der Waals surface area (Å²) in [4.78, 5) is 24.7. The van der Waals surface area contributed by atoms with Crippen LogP contribution in [0.1, 0.15) is 28.8 Å². The van der Waals surface area contributed by atoms with E-state index in [1.54, 1.807) is 36.5 Å². The summed E-state index contributed by atoms with van der Waals surface area (Å²) in [5.74, 6) is 0.0514. The molecular weight excluding hydrogens is 323 g/mol. The first kappa shape index (κ1) is 16.7. The predicted molar refractivity (Wildman–Crippen MR) is 92.2 cm³/mol. The van der Waals surface area contributed by atoms with E-state index in [4.69, 9.17) is 4.42 Å². The zero-order chi connectivity index (χ0) is 17.8. The topological polar surface area (TPSA) is 64.2 Å². The highest BCUT2D eigenvalue weighted by Crippen LogP contribution is 2.11. The smallest absolute Gasteiger partial charge is 0.291 e. The lowest BCUT2D eigenvalue weighted by Crippen LogP contribution is -2.25. The van der Waals surface area contributed by atoms with E-state index in [9.17, 15) is 14.0 Å². The summed E-state index contributed by atoms with van der Waals surface area (Å²) in [6.07, 6.45) is 2.30. The quantitative estimate of drug-likeness (QED) is 0.774. The third-order valence-corrected chi connectivity index (χ3v) is 3.77. The molecule has 2 aromatic heterocycles. The molecule has 25 heavy (non-hydrogen) atoms. The minimum Gasteiger partial charge on any atom is -0.456 e. The Hall–Kier alpha value is -3.15. The Kier molecular flexibility index (Phi) is 4.79. The highest BCUT2D eigenvalue weighted by molar-refractivity contribution is 6.02. The normalized spacial score (nSPS) is 10.6. The van der Waals surface area contributed by atoms with Crippen LogP contribution in [0.3, 0.4) is 0 Å². The Morgan fingerprint density at radius 1 is 1.16 bits per heavy atom. The van der Waals surface area contributed by atoms with Crippen molar-refractivity contribution in [2.75, 3.05) is 5.32 Å². The lowest BCUT2D eigenvalue weighted by atomic mass is 10.2. The number of aryl methyl sites for hydroxylation is 1. The van der Waals surface area contributed by atoms with Crippen LogP contribution < -0.4 is 10.9 Å². The SMILES string of the molecule is CCc1ccc(C(=O)Nc2cccn(Cc3ccc(F)cc3)c2=O)o1. The van der Waals surface area contributed by atoms with Gasteiger partial charge in [0, 0.05) is 12.6 Å². The van der Waals surface area contributed by atoms with Gasteiger partial charge < -0.3 is 14.3 Å². The molecule has 0 aliphatic rings. The van der Waals surface area contributed by atoms with Crippen LogP contribution in [-0.4, -0.2) is 10.5 Å². The van der Waals surface area contributed by atoms with Crippen LogP contribution in [0.4, 0.5) is 10.1 Å². The van der Waals surface area contributed by atoms with Crippen molar-refractivity contribution in [1.82, 2.24) is 4.57 Å². The maximum Gasteiger partial charge on any atom is 0.291 e. The zero-order valence-electron chi connectivity index (χ0n) is 13.7. The average molecular weight is 340 g/mol. The van der Waals surface area contributed by atoms with Crippen LogP contribution in [0.2, 0.25) is 0 Å². The number of anilines is 1. The van der Waals surface area contributed by atoms with Crippen LogP contribution in [0.15, 0.2) is 63.9 Å². The van der Waals surface area contributed by atoms with Crippen LogP contribution in [0.25, 0.3) is 0 Å². The second-order valence-corrected chi connectivity index (χ2v) is 5.56. The molecule has 0 aliphatic carbocycles. The van der Waals surface area contributed by atoms with E-state index in [0.717, 1.165) is 5.56 Å². The third kappa shape index (κ3) is 3.85. The first-order valence-corrected chi connectivity index (χ1v) is 7.91. The highest BCUT2D eigenvalue weighted by atomic mass is 19.1. The molecule has 128 valence electrons. The number of rotatable bonds is 5. The van der Waals surface area contributed by atoms with E-state index in [1.165, 1.54) is 22.8 Å². The standard InChI is InChI=1S/C19H17FN2O3/c1-2-15-9-10-17(25-15)18(23)21-16-4-3-11-22(19(16)24)12-13-5-7-14(20)8-6-13/h3-11H,2,12H2,1H3,(H,21,23). The molecule has 6 heteroatoms. The van der Waals surface area contributed by atoms with Gasteiger partial charge in [-0.2, -0.15) is 0 Å². The van der Waals surface area contributed by atoms with E-state index in [1.807, 2.05) is 6.92 Å². The highest BCUT2D eigenvalue weighted by Gasteiger charge is 2.13. The molecule has 0 saturated carbocycles. The fourth-order valence-corrected chi connectivity index (χ4v) is 2.42. The Bertz CT molecular complexity index is 942. The second kappa shape index (κ2) is 7.17. The summed E-state index contributed by atoms with van der Waals surface area (Å²) in [7, 11) is 0. The summed E-state index contributed by atoms with van der Waals surface area (Å²) in [6, 6.07) is 12.4. The van der Waals surface area contributed by atoms with Gasteiger partial charge in [-0.05, 0) is 42.0 Å². The van der Waals surface area contributed by atoms with E-state index in [0.29, 0.717) is 12.2 Å². The van der Waals surface area contributed by atoms with Crippen LogP contribution in [0, 0.1) is 5.82 Å². The van der Waals surface area contributed by atoms with Crippen molar-refractivity contribution in [3.63, 3.8) is 0 Å². The number of halogens is 1. The lowest BCUT2D eigenvalue weighted by molar-refractivity contribution is 0.0995. The molecule has 2 heterocycles. The van der Waals surface area contributed by atoms with Crippen molar-refractivity contribution < 1.29 is 13.6 Å². The molecule has 0 spiro atoms. The van der Waals surface area contributed by atoms with Crippen molar-refractivity contribution in [3.05, 3.63) is 88.0 Å². The first-order valence-electron chi connectivity index (χ1n) is 7.91. The monoisotopic (exact) mass is 340 g/mol. The summed E-state index contributed by atoms with van der Waals surface area (Å²) in [6.45, 7) is 2.20. The van der Waals surface area contributed by atoms with Crippen LogP contribution in [-0.2, 0) is 13.0 Å². The molecule has 3 aromatic rings. The first-order chi connectivity index (χ1) is 12.1. The molecule has 0 bridgehead atoms. The van der Waals surface area contributed by atoms with Crippen LogP contribution >= 0.6 is 0 Å². The molecule has 0 fully saturated rings. The minimum atomic E-state index is -0.476. The van der Waals surface area contributed by atoms with Gasteiger partial charge in [0.05, 0.1) is 6.54 Å². The van der Waals surface area contributed by atoms with Gasteiger partial charge in [-0.15, -0.1) is 0 Å². The number of carbonyl (C=O) groups is 1. The average Bonchev–Trinajstić information content (AvgIpc) is 3.09. The number of furan rings is 1. The summed E-state index contributed by atoms with van der Waals surface area (Å²) >= 11 is 0. The van der Waals surface area contributed by atoms with Crippen molar-refractivity contribution in [2.45, 2.75) is 19.9 Å². The van der Waals surface area contributed by atoms with Gasteiger partial charge in [-0.25, -0.2) is 4.39 Å². The Balaban J connectivity index is 1.79. The zero-order valence-corrected chi connectivity index (χ0v) is 13.7. The molecule has 0 saturated heterocycles. The number of aromatic nitrogens is 1. The van der Waals surface area contributed by atoms with Crippen molar-refractivity contribution in [2.24, 2.45) is 0 Å². The van der Waals surface area contributed by atoms with E-state index in [2.05, 4.69) is 5.32 Å². The number of hydrogen-bond donors (Lipinski definition) is 1. The third-order valence-electron chi connectivity index (χ3n) is 3.77. The molecule has 1 amide bonds. The molecule has 1 aromatic carbocycles. The van der Waals surface area contributed by atoms with Gasteiger partial charge in [0.15, 0.2) is 5.76 Å². The summed E-state index contributed by atoms with van der Waals surface area (Å²) in [5, 5.41) is 2.57. The Morgan fingerprint density at radius 3 is 2.60 bits per heavy atom. The van der Waals surface area contributed by atoms with Gasteiger partial charge in [0.1, 0.15) is 17.3 Å². The number of hydrogen-bond acceptors (Lipinski definition) is 3. The largest absolute Gasteiger partial charge is 0.456 e. The molecule has 1 N–H and O–H groups in total. The predicted octanol–water partition coefficient (Wildman–Crippen LogP) is 3.44. The molecule has 5 nitrogen and oxygen atoms in total. The van der Waals surface area contributed by atoms with E-state index >= 15 is 0 Å². The molecule has 0 radical (unpaired) electrons. The Labute approximate surface area is 143 Å². The second-order valence-electron chi connectivity index (χ2n) is 5.56. The van der Waals surface area contributed by atoms with Crippen molar-refractivity contribution in [3.8, 4) is 0 Å². The summed E-state index contributed by atoms with van der Waals surface area (Å²) < 4.78 is 19.8. The van der Waals surface area contributed by atoms with Gasteiger partial charge >= 0.3 is 0 Å². The van der Waals surface area contributed by atoms with Gasteiger partial charge in [0.2, 0.25) is 0 Å². The molecular formula is C19H17FN2O3. The fraction of sp³-hybridized carbons (Fsp3) is 0.158. The number of benzene rings is 1. The van der Waals surface area contributed by atoms with Gasteiger partial charge in [-0.3, -0.25) is 9.59 Å². The fourth-order valence-electron chi connectivity index (χ4n) is 2.42. The summed E-state index contributed by atoms with van der Waals surface area (Å²) in [5.41, 5.74) is 0.595. The number of amides is 1. The maximum atomic E-state index is 13.0. The number of nitrogens with one attached hydrogen (secondary N) is 1. The van der Waals surface area contributed by atoms with Crippen molar-refractivity contribution >= 4 is 11.6 Å². The molecule has 3 rings (SSSR count). The van der Waals surface area contributed by atoms with E-state index < -0.39 is 5.91 Å². The number of carbonyl (C=O) groups excluding carboxylic acids is 1. The molecule has 0 unspecified atom stereocenters.